The first-order chi connectivity index (χ1) is 9.31. The van der Waals surface area contributed by atoms with Gasteiger partial charge in [0.05, 0.1) is 22.3 Å². The summed E-state index contributed by atoms with van der Waals surface area (Å²) in [6, 6.07) is 2.62. The SMILES string of the molecule is Cc1noc(CNS(=O)(=O)c2ccc(Cl)c(N)c2Cl)n1. The first-order valence-electron chi connectivity index (χ1n) is 5.33. The molecule has 0 unspecified atom stereocenters. The first-order valence-corrected chi connectivity index (χ1v) is 7.57. The molecular formula is C10H10Cl2N4O3S. The van der Waals surface area contributed by atoms with Crippen molar-refractivity contribution in [2.45, 2.75) is 18.4 Å². The standard InChI is InChI=1S/C10H10Cl2N4O3S/c1-5-15-8(19-16-5)4-14-20(17,18)7-3-2-6(11)10(13)9(7)12/h2-3,14H,4,13H2,1H3. The summed E-state index contributed by atoms with van der Waals surface area (Å²) >= 11 is 11.6. The summed E-state index contributed by atoms with van der Waals surface area (Å²) in [4.78, 5) is 3.71. The smallest absolute Gasteiger partial charge is 0.242 e. The highest BCUT2D eigenvalue weighted by Crippen LogP contribution is 2.32. The van der Waals surface area contributed by atoms with Crippen LogP contribution in [-0.2, 0) is 16.6 Å². The van der Waals surface area contributed by atoms with E-state index in [1.807, 2.05) is 0 Å². The van der Waals surface area contributed by atoms with Crippen molar-refractivity contribution in [3.8, 4) is 0 Å². The minimum Gasteiger partial charge on any atom is -0.396 e. The Bertz CT molecular complexity index is 745. The Hall–Kier alpha value is -1.35. The van der Waals surface area contributed by atoms with Gasteiger partial charge in [-0.15, -0.1) is 0 Å². The molecule has 2 rings (SSSR count). The van der Waals surface area contributed by atoms with Crippen LogP contribution in [0.1, 0.15) is 11.7 Å². The molecule has 0 aliphatic heterocycles. The number of aromatic nitrogens is 2. The molecule has 108 valence electrons. The quantitative estimate of drug-likeness (QED) is 0.822. The van der Waals surface area contributed by atoms with Crippen LogP contribution >= 0.6 is 23.2 Å². The molecule has 0 aliphatic carbocycles. The lowest BCUT2D eigenvalue weighted by Gasteiger charge is -2.09. The molecule has 0 radical (unpaired) electrons. The molecule has 0 amide bonds. The summed E-state index contributed by atoms with van der Waals surface area (Å²) in [7, 11) is -3.87. The second kappa shape index (κ2) is 5.57. The third-order valence-corrected chi connectivity index (χ3v) is 4.66. The predicted molar refractivity (Wildman–Crippen MR) is 73.9 cm³/mol. The summed E-state index contributed by atoms with van der Waals surface area (Å²) in [6.45, 7) is 1.47. The lowest BCUT2D eigenvalue weighted by atomic mass is 10.3. The van der Waals surface area contributed by atoms with Crippen LogP contribution in [0.25, 0.3) is 0 Å². The van der Waals surface area contributed by atoms with Gasteiger partial charge in [-0.3, -0.25) is 0 Å². The molecule has 10 heteroatoms. The molecule has 2 aromatic rings. The molecule has 3 N–H and O–H groups in total. The highest BCUT2D eigenvalue weighted by molar-refractivity contribution is 7.89. The Balaban J connectivity index is 2.25. The maximum Gasteiger partial charge on any atom is 0.242 e. The fraction of sp³-hybridized carbons (Fsp3) is 0.200. The van der Waals surface area contributed by atoms with Crippen molar-refractivity contribution in [3.05, 3.63) is 33.9 Å². The molecule has 0 saturated carbocycles. The van der Waals surface area contributed by atoms with Crippen molar-refractivity contribution in [1.29, 1.82) is 0 Å². The molecule has 0 fully saturated rings. The molecule has 0 aliphatic rings. The fourth-order valence-electron chi connectivity index (χ4n) is 1.40. The first kappa shape index (κ1) is 15.0. The van der Waals surface area contributed by atoms with Crippen LogP contribution in [0.2, 0.25) is 10.0 Å². The predicted octanol–water partition coefficient (Wildman–Crippen LogP) is 1.75. The van der Waals surface area contributed by atoms with Gasteiger partial charge in [-0.2, -0.15) is 4.98 Å². The number of aryl methyl sites for hydroxylation is 1. The number of hydrogen-bond acceptors (Lipinski definition) is 6. The van der Waals surface area contributed by atoms with Gasteiger partial charge in [-0.25, -0.2) is 13.1 Å². The molecule has 0 spiro atoms. The van der Waals surface area contributed by atoms with Gasteiger partial charge in [-0.05, 0) is 19.1 Å². The van der Waals surface area contributed by atoms with Crippen LogP contribution in [-0.4, -0.2) is 18.6 Å². The lowest BCUT2D eigenvalue weighted by Crippen LogP contribution is -2.24. The molecular weight excluding hydrogens is 327 g/mol. The molecule has 0 bridgehead atoms. The Morgan fingerprint density at radius 2 is 2.10 bits per heavy atom. The Kier molecular flexibility index (Phi) is 4.19. The van der Waals surface area contributed by atoms with Crippen molar-refractivity contribution < 1.29 is 12.9 Å². The largest absolute Gasteiger partial charge is 0.396 e. The number of nitrogen functional groups attached to an aromatic ring is 1. The molecule has 1 aromatic heterocycles. The highest BCUT2D eigenvalue weighted by Gasteiger charge is 2.21. The molecule has 20 heavy (non-hydrogen) atoms. The van der Waals surface area contributed by atoms with E-state index in [4.69, 9.17) is 33.5 Å². The van der Waals surface area contributed by atoms with Crippen molar-refractivity contribution in [2.24, 2.45) is 0 Å². The van der Waals surface area contributed by atoms with E-state index in [0.29, 0.717) is 5.82 Å². The van der Waals surface area contributed by atoms with Crippen LogP contribution in [0.5, 0.6) is 0 Å². The van der Waals surface area contributed by atoms with Gasteiger partial charge >= 0.3 is 0 Å². The van der Waals surface area contributed by atoms with E-state index < -0.39 is 10.0 Å². The van der Waals surface area contributed by atoms with E-state index in [0.717, 1.165) is 0 Å². The summed E-state index contributed by atoms with van der Waals surface area (Å²) in [5, 5.41) is 3.60. The van der Waals surface area contributed by atoms with Crippen LogP contribution in [0.4, 0.5) is 5.69 Å². The number of rotatable bonds is 4. The van der Waals surface area contributed by atoms with Gasteiger partial charge in [0, 0.05) is 0 Å². The van der Waals surface area contributed by atoms with Gasteiger partial charge in [0.15, 0.2) is 5.82 Å². The van der Waals surface area contributed by atoms with Crippen LogP contribution < -0.4 is 10.5 Å². The van der Waals surface area contributed by atoms with Crippen LogP contribution in [0.15, 0.2) is 21.6 Å². The summed E-state index contributed by atoms with van der Waals surface area (Å²) < 4.78 is 31.3. The number of nitrogens with two attached hydrogens (primary N) is 1. The van der Waals surface area contributed by atoms with Gasteiger partial charge in [0.2, 0.25) is 15.9 Å². The monoisotopic (exact) mass is 336 g/mol. The summed E-state index contributed by atoms with van der Waals surface area (Å²) in [6.07, 6.45) is 0. The normalized spacial score (nSPS) is 11.8. The molecule has 7 nitrogen and oxygen atoms in total. The Morgan fingerprint density at radius 3 is 2.70 bits per heavy atom. The van der Waals surface area contributed by atoms with E-state index in [9.17, 15) is 8.42 Å². The van der Waals surface area contributed by atoms with Crippen molar-refractivity contribution in [1.82, 2.24) is 14.9 Å². The number of benzene rings is 1. The minimum absolute atomic E-state index is 0.00448. The van der Waals surface area contributed by atoms with E-state index in [-0.39, 0.29) is 33.1 Å². The average Bonchev–Trinajstić information content (AvgIpc) is 2.79. The Labute approximate surface area is 125 Å². The second-order valence-electron chi connectivity index (χ2n) is 3.83. The molecule has 1 aromatic carbocycles. The maximum atomic E-state index is 12.1. The zero-order valence-electron chi connectivity index (χ0n) is 10.2. The van der Waals surface area contributed by atoms with E-state index in [2.05, 4.69) is 14.9 Å². The highest BCUT2D eigenvalue weighted by atomic mass is 35.5. The van der Waals surface area contributed by atoms with Gasteiger partial charge in [0.1, 0.15) is 4.90 Å². The number of nitrogens with zero attached hydrogens (tertiary/aromatic N) is 2. The number of nitrogens with one attached hydrogen (secondary N) is 1. The van der Waals surface area contributed by atoms with E-state index >= 15 is 0 Å². The second-order valence-corrected chi connectivity index (χ2v) is 6.35. The summed E-state index contributed by atoms with van der Waals surface area (Å²) in [5.41, 5.74) is 5.60. The zero-order chi connectivity index (χ0) is 14.9. The fourth-order valence-corrected chi connectivity index (χ4v) is 3.14. The number of anilines is 1. The van der Waals surface area contributed by atoms with E-state index in [1.54, 1.807) is 6.92 Å². The molecule has 0 saturated heterocycles. The maximum absolute atomic E-state index is 12.1. The van der Waals surface area contributed by atoms with Gasteiger partial charge in [0.25, 0.3) is 0 Å². The van der Waals surface area contributed by atoms with Crippen LogP contribution in [0, 0.1) is 6.92 Å². The number of hydrogen-bond donors (Lipinski definition) is 2. The van der Waals surface area contributed by atoms with Crippen molar-refractivity contribution >= 4 is 38.9 Å². The lowest BCUT2D eigenvalue weighted by molar-refractivity contribution is 0.372. The van der Waals surface area contributed by atoms with Gasteiger partial charge < -0.3 is 10.3 Å². The third kappa shape index (κ3) is 3.04. The molecule has 0 atom stereocenters. The third-order valence-electron chi connectivity index (χ3n) is 2.36. The average molecular weight is 337 g/mol. The van der Waals surface area contributed by atoms with Gasteiger partial charge in [-0.1, -0.05) is 28.4 Å². The Morgan fingerprint density at radius 1 is 1.40 bits per heavy atom. The number of sulfonamides is 1. The molecule has 1 heterocycles. The van der Waals surface area contributed by atoms with Crippen molar-refractivity contribution in [3.63, 3.8) is 0 Å². The van der Waals surface area contributed by atoms with Crippen LogP contribution in [0.3, 0.4) is 0 Å². The topological polar surface area (TPSA) is 111 Å². The van der Waals surface area contributed by atoms with Crippen molar-refractivity contribution in [2.75, 3.05) is 5.73 Å². The minimum atomic E-state index is -3.87. The zero-order valence-corrected chi connectivity index (χ0v) is 12.6. The summed E-state index contributed by atoms with van der Waals surface area (Å²) in [5.74, 6) is 0.553. The van der Waals surface area contributed by atoms with E-state index in [1.165, 1.54) is 12.1 Å². The number of halogens is 2.